The number of hydrogen-bond donors (Lipinski definition) is 1. The van der Waals surface area contributed by atoms with Gasteiger partial charge in [0.25, 0.3) is 5.91 Å². The summed E-state index contributed by atoms with van der Waals surface area (Å²) < 4.78 is 12.0. The largest absolute Gasteiger partial charge is 0.497 e. The number of aromatic nitrogens is 2. The molecule has 7 nitrogen and oxygen atoms in total. The first kappa shape index (κ1) is 25.7. The van der Waals surface area contributed by atoms with Crippen LogP contribution < -0.4 is 10.1 Å². The van der Waals surface area contributed by atoms with Crippen LogP contribution in [0.2, 0.25) is 5.02 Å². The van der Waals surface area contributed by atoms with E-state index in [4.69, 9.17) is 26.2 Å². The molecule has 8 heteroatoms. The average Bonchev–Trinajstić information content (AvgIpc) is 3.36. The van der Waals surface area contributed by atoms with Crippen molar-refractivity contribution in [3.8, 4) is 22.7 Å². The number of carbonyl (C=O) groups is 2. The molecule has 0 aliphatic heterocycles. The number of rotatable bonds is 10. The number of halogens is 1. The van der Waals surface area contributed by atoms with Crippen LogP contribution in [0, 0.1) is 0 Å². The minimum Gasteiger partial charge on any atom is -0.497 e. The van der Waals surface area contributed by atoms with Crippen LogP contribution in [0.15, 0.2) is 91.1 Å². The van der Waals surface area contributed by atoms with E-state index in [1.165, 1.54) is 6.08 Å². The number of amides is 1. The standard InChI is InChI=1S/C29H26ClN3O4/c1-36-26-14-7-21(8-15-26)17-18-31-27(34)20-37-28(35)16-11-23-19-33(25-5-3-2-4-6-25)32-29(23)22-9-12-24(30)13-10-22/h2-16,19H,17-18,20H2,1H3,(H,31,34)/b16-11+. The van der Waals surface area contributed by atoms with Crippen molar-refractivity contribution < 1.29 is 19.1 Å². The lowest BCUT2D eigenvalue weighted by atomic mass is 10.1. The fourth-order valence-electron chi connectivity index (χ4n) is 3.59. The van der Waals surface area contributed by atoms with Gasteiger partial charge in [0.15, 0.2) is 6.61 Å². The Kier molecular flexibility index (Phi) is 8.73. The summed E-state index contributed by atoms with van der Waals surface area (Å²) in [6.07, 6.45) is 5.40. The van der Waals surface area contributed by atoms with Crippen molar-refractivity contribution >= 4 is 29.6 Å². The zero-order valence-electron chi connectivity index (χ0n) is 20.3. The highest BCUT2D eigenvalue weighted by atomic mass is 35.5. The third-order valence-electron chi connectivity index (χ3n) is 5.52. The van der Waals surface area contributed by atoms with Gasteiger partial charge in [-0.3, -0.25) is 4.79 Å². The van der Waals surface area contributed by atoms with Crippen LogP contribution in [0.5, 0.6) is 5.75 Å². The second kappa shape index (κ2) is 12.6. The number of carbonyl (C=O) groups excluding carboxylic acids is 2. The van der Waals surface area contributed by atoms with Gasteiger partial charge in [-0.1, -0.05) is 54.1 Å². The third kappa shape index (κ3) is 7.32. The molecule has 1 heterocycles. The lowest BCUT2D eigenvalue weighted by Gasteiger charge is -2.06. The Bertz CT molecular complexity index is 1360. The zero-order valence-corrected chi connectivity index (χ0v) is 21.0. The van der Waals surface area contributed by atoms with E-state index in [0.29, 0.717) is 29.2 Å². The average molecular weight is 516 g/mol. The second-order valence-electron chi connectivity index (χ2n) is 8.11. The predicted molar refractivity (Wildman–Crippen MR) is 144 cm³/mol. The molecule has 0 unspecified atom stereocenters. The van der Waals surface area contributed by atoms with Gasteiger partial charge in [0.2, 0.25) is 0 Å². The minimum absolute atomic E-state index is 0.362. The number of hydrogen-bond acceptors (Lipinski definition) is 5. The van der Waals surface area contributed by atoms with Crippen molar-refractivity contribution in [3.05, 3.63) is 107 Å². The first-order valence-corrected chi connectivity index (χ1v) is 12.0. The molecule has 188 valence electrons. The Hall–Kier alpha value is -4.36. The van der Waals surface area contributed by atoms with Crippen LogP contribution in [0.1, 0.15) is 11.1 Å². The van der Waals surface area contributed by atoms with Crippen molar-refractivity contribution in [2.45, 2.75) is 6.42 Å². The smallest absolute Gasteiger partial charge is 0.331 e. The summed E-state index contributed by atoms with van der Waals surface area (Å²) in [6.45, 7) is 0.0702. The summed E-state index contributed by atoms with van der Waals surface area (Å²) in [5, 5.41) is 8.07. The molecule has 0 aliphatic carbocycles. The summed E-state index contributed by atoms with van der Waals surface area (Å²) in [7, 11) is 1.61. The molecule has 0 fully saturated rings. The van der Waals surface area contributed by atoms with Gasteiger partial charge in [-0.25, -0.2) is 9.48 Å². The molecule has 0 spiro atoms. The van der Waals surface area contributed by atoms with Crippen LogP contribution in [-0.4, -0.2) is 41.9 Å². The van der Waals surface area contributed by atoms with Gasteiger partial charge in [0.05, 0.1) is 18.5 Å². The fourth-order valence-corrected chi connectivity index (χ4v) is 3.71. The summed E-state index contributed by atoms with van der Waals surface area (Å²) >= 11 is 6.04. The van der Waals surface area contributed by atoms with Crippen molar-refractivity contribution in [3.63, 3.8) is 0 Å². The normalized spacial score (nSPS) is 10.9. The van der Waals surface area contributed by atoms with Gasteiger partial charge >= 0.3 is 5.97 Å². The molecule has 0 aliphatic rings. The van der Waals surface area contributed by atoms with E-state index in [1.807, 2.05) is 72.9 Å². The van der Waals surface area contributed by atoms with Crippen LogP contribution in [-0.2, 0) is 20.7 Å². The maximum Gasteiger partial charge on any atom is 0.331 e. The highest BCUT2D eigenvalue weighted by Crippen LogP contribution is 2.26. The Morgan fingerprint density at radius 3 is 2.43 bits per heavy atom. The number of nitrogens with zero attached hydrogens (tertiary/aromatic N) is 2. The Morgan fingerprint density at radius 2 is 1.73 bits per heavy atom. The molecule has 0 saturated heterocycles. The molecule has 0 radical (unpaired) electrons. The summed E-state index contributed by atoms with van der Waals surface area (Å²) in [5.74, 6) is -0.214. The quantitative estimate of drug-likeness (QED) is 0.234. The molecule has 3 aromatic carbocycles. The van der Waals surface area contributed by atoms with Crippen LogP contribution in [0.4, 0.5) is 0 Å². The van der Waals surface area contributed by atoms with Gasteiger partial charge in [-0.2, -0.15) is 5.10 Å². The van der Waals surface area contributed by atoms with Gasteiger partial charge < -0.3 is 14.8 Å². The number of ether oxygens (including phenoxy) is 2. The SMILES string of the molecule is COc1ccc(CCNC(=O)COC(=O)/C=C/c2cn(-c3ccccc3)nc2-c2ccc(Cl)cc2)cc1. The van der Waals surface area contributed by atoms with Crippen LogP contribution in [0.3, 0.4) is 0 Å². The summed E-state index contributed by atoms with van der Waals surface area (Å²) in [5.41, 5.74) is 4.19. The molecule has 0 atom stereocenters. The number of nitrogens with one attached hydrogen (secondary N) is 1. The molecule has 0 bridgehead atoms. The molecule has 1 aromatic heterocycles. The molecule has 37 heavy (non-hydrogen) atoms. The molecule has 0 saturated carbocycles. The molecular formula is C29H26ClN3O4. The first-order valence-electron chi connectivity index (χ1n) is 11.7. The highest BCUT2D eigenvalue weighted by molar-refractivity contribution is 6.30. The summed E-state index contributed by atoms with van der Waals surface area (Å²) in [6, 6.07) is 24.6. The van der Waals surface area contributed by atoms with Crippen molar-refractivity contribution in [2.24, 2.45) is 0 Å². The van der Waals surface area contributed by atoms with Crippen molar-refractivity contribution in [1.82, 2.24) is 15.1 Å². The van der Waals surface area contributed by atoms with Crippen molar-refractivity contribution in [2.75, 3.05) is 20.3 Å². The Morgan fingerprint density at radius 1 is 1.00 bits per heavy atom. The minimum atomic E-state index is -0.625. The van der Waals surface area contributed by atoms with E-state index in [2.05, 4.69) is 5.32 Å². The molecule has 1 N–H and O–H groups in total. The Labute approximate surface area is 220 Å². The van der Waals surface area contributed by atoms with E-state index < -0.39 is 5.97 Å². The lowest BCUT2D eigenvalue weighted by molar-refractivity contribution is -0.143. The highest BCUT2D eigenvalue weighted by Gasteiger charge is 2.12. The van der Waals surface area contributed by atoms with Crippen LogP contribution in [0.25, 0.3) is 23.0 Å². The van der Waals surface area contributed by atoms with E-state index in [9.17, 15) is 9.59 Å². The number of esters is 1. The lowest BCUT2D eigenvalue weighted by Crippen LogP contribution is -2.30. The molecule has 4 aromatic rings. The van der Waals surface area contributed by atoms with E-state index in [1.54, 1.807) is 30.0 Å². The first-order chi connectivity index (χ1) is 18.0. The number of benzene rings is 3. The monoisotopic (exact) mass is 515 g/mol. The number of methoxy groups -OCH3 is 1. The van der Waals surface area contributed by atoms with Gasteiger partial charge in [-0.15, -0.1) is 0 Å². The number of para-hydroxylation sites is 1. The third-order valence-corrected chi connectivity index (χ3v) is 5.77. The van der Waals surface area contributed by atoms with Gasteiger partial charge in [0, 0.05) is 35.0 Å². The maximum atomic E-state index is 12.3. The van der Waals surface area contributed by atoms with Crippen molar-refractivity contribution in [1.29, 1.82) is 0 Å². The maximum absolute atomic E-state index is 12.3. The van der Waals surface area contributed by atoms with Gasteiger partial charge in [-0.05, 0) is 54.5 Å². The molecule has 1 amide bonds. The summed E-state index contributed by atoms with van der Waals surface area (Å²) in [4.78, 5) is 24.4. The van der Waals surface area contributed by atoms with E-state index >= 15 is 0 Å². The topological polar surface area (TPSA) is 82.5 Å². The fraction of sp³-hybridized carbons (Fsp3) is 0.138. The van der Waals surface area contributed by atoms with E-state index in [0.717, 1.165) is 22.6 Å². The zero-order chi connectivity index (χ0) is 26.0. The van der Waals surface area contributed by atoms with Crippen LogP contribution >= 0.6 is 11.6 Å². The second-order valence-corrected chi connectivity index (χ2v) is 8.55. The predicted octanol–water partition coefficient (Wildman–Crippen LogP) is 5.12. The molecular weight excluding hydrogens is 490 g/mol. The van der Waals surface area contributed by atoms with Gasteiger partial charge in [0.1, 0.15) is 5.75 Å². The molecule has 4 rings (SSSR count). The Balaban J connectivity index is 1.35. The van der Waals surface area contributed by atoms with E-state index in [-0.39, 0.29) is 12.5 Å².